The number of aromatic nitrogens is 2. The number of nitrogens with zero attached hydrogens (tertiary/aromatic N) is 1. The molecule has 1 heterocycles. The third-order valence-corrected chi connectivity index (χ3v) is 3.95. The molecule has 0 fully saturated rings. The van der Waals surface area contributed by atoms with Crippen LogP contribution in [0.15, 0.2) is 4.90 Å². The van der Waals surface area contributed by atoms with E-state index in [1.54, 1.807) is 0 Å². The summed E-state index contributed by atoms with van der Waals surface area (Å²) in [6.45, 7) is 4.48. The van der Waals surface area contributed by atoms with Gasteiger partial charge in [-0.1, -0.05) is 0 Å². The maximum atomic E-state index is 12.0. The minimum atomic E-state index is -3.89. The molecule has 0 atom stereocenters. The highest BCUT2D eigenvalue weighted by Crippen LogP contribution is 2.17. The van der Waals surface area contributed by atoms with E-state index in [0.717, 1.165) is 0 Å². The maximum absolute atomic E-state index is 12.0. The highest BCUT2D eigenvalue weighted by molar-refractivity contribution is 7.89. The van der Waals surface area contributed by atoms with Crippen LogP contribution in [0.4, 0.5) is 0 Å². The van der Waals surface area contributed by atoms with Crippen LogP contribution in [0.3, 0.4) is 0 Å². The Bertz CT molecular complexity index is 537. The molecule has 0 aliphatic heterocycles. The zero-order chi connectivity index (χ0) is 14.5. The Morgan fingerprint density at radius 3 is 2.79 bits per heavy atom. The van der Waals surface area contributed by atoms with E-state index in [4.69, 9.17) is 9.84 Å². The molecule has 1 aromatic heterocycles. The highest BCUT2D eigenvalue weighted by atomic mass is 32.2. The van der Waals surface area contributed by atoms with Crippen molar-refractivity contribution in [3.05, 3.63) is 11.4 Å². The highest BCUT2D eigenvalue weighted by Gasteiger charge is 2.27. The van der Waals surface area contributed by atoms with Gasteiger partial charge in [-0.05, 0) is 20.3 Å². The Kier molecular flexibility index (Phi) is 5.45. The summed E-state index contributed by atoms with van der Waals surface area (Å²) in [6.07, 6.45) is 0.506. The average Bonchev–Trinajstić information content (AvgIpc) is 2.71. The molecule has 0 aromatic carbocycles. The number of aromatic amines is 1. The number of carboxylic acids is 1. The van der Waals surface area contributed by atoms with Crippen LogP contribution in [-0.4, -0.2) is 49.4 Å². The molecule has 0 saturated heterocycles. The number of rotatable bonds is 8. The molecule has 0 radical (unpaired) electrons. The monoisotopic (exact) mass is 291 g/mol. The normalized spacial score (nSPS) is 11.7. The van der Waals surface area contributed by atoms with Crippen molar-refractivity contribution < 1.29 is 23.1 Å². The molecule has 1 rings (SSSR count). The second-order valence-electron chi connectivity index (χ2n) is 3.78. The molecule has 0 amide bonds. The molecule has 9 heteroatoms. The van der Waals surface area contributed by atoms with Crippen LogP contribution >= 0.6 is 0 Å². The molecule has 1 aromatic rings. The Labute approximate surface area is 111 Å². The van der Waals surface area contributed by atoms with Gasteiger partial charge in [0.05, 0.1) is 5.69 Å². The van der Waals surface area contributed by atoms with Crippen molar-refractivity contribution in [2.24, 2.45) is 0 Å². The van der Waals surface area contributed by atoms with Crippen molar-refractivity contribution in [3.63, 3.8) is 0 Å². The van der Waals surface area contributed by atoms with Crippen LogP contribution in [0.25, 0.3) is 0 Å². The topological polar surface area (TPSA) is 121 Å². The second kappa shape index (κ2) is 6.64. The van der Waals surface area contributed by atoms with Gasteiger partial charge in [0.15, 0.2) is 5.69 Å². The van der Waals surface area contributed by atoms with E-state index >= 15 is 0 Å². The number of aromatic carboxylic acids is 1. The first kappa shape index (κ1) is 15.6. The van der Waals surface area contributed by atoms with Crippen molar-refractivity contribution >= 4 is 16.0 Å². The minimum Gasteiger partial charge on any atom is -0.476 e. The molecule has 0 bridgehead atoms. The van der Waals surface area contributed by atoms with Crippen LogP contribution in [0.2, 0.25) is 0 Å². The molecule has 0 spiro atoms. The van der Waals surface area contributed by atoms with Gasteiger partial charge in [-0.2, -0.15) is 5.10 Å². The summed E-state index contributed by atoms with van der Waals surface area (Å²) >= 11 is 0. The molecule has 3 N–H and O–H groups in total. The standard InChI is InChI=1S/C10H17N3O5S/c1-3-18-6-4-5-11-19(16,17)9-7(2)12-13-8(9)10(14)15/h11H,3-6H2,1-2H3,(H,12,13)(H,14,15). The molecule has 19 heavy (non-hydrogen) atoms. The predicted octanol–water partition coefficient (Wildman–Crippen LogP) is 0.121. The van der Waals surface area contributed by atoms with Gasteiger partial charge in [0, 0.05) is 19.8 Å². The fraction of sp³-hybridized carbons (Fsp3) is 0.600. The summed E-state index contributed by atoms with van der Waals surface area (Å²) < 4.78 is 31.4. The van der Waals surface area contributed by atoms with E-state index in [9.17, 15) is 13.2 Å². The molecule has 108 valence electrons. The van der Waals surface area contributed by atoms with Gasteiger partial charge < -0.3 is 9.84 Å². The predicted molar refractivity (Wildman–Crippen MR) is 66.6 cm³/mol. The van der Waals surface area contributed by atoms with Crippen LogP contribution in [0, 0.1) is 6.92 Å². The SMILES string of the molecule is CCOCCCNS(=O)(=O)c1c(C(=O)O)n[nH]c1C. The molecule has 0 saturated carbocycles. The number of ether oxygens (including phenoxy) is 1. The summed E-state index contributed by atoms with van der Waals surface area (Å²) in [4.78, 5) is 10.6. The van der Waals surface area contributed by atoms with E-state index in [1.165, 1.54) is 6.92 Å². The summed E-state index contributed by atoms with van der Waals surface area (Å²) in [6, 6.07) is 0. The number of carboxylic acid groups (broad SMARTS) is 1. The third-order valence-electron chi connectivity index (χ3n) is 2.32. The first-order valence-corrected chi connectivity index (χ1v) is 7.24. The number of hydrogen-bond donors (Lipinski definition) is 3. The molecule has 0 unspecified atom stereocenters. The summed E-state index contributed by atoms with van der Waals surface area (Å²) in [5.41, 5.74) is -0.315. The quantitative estimate of drug-likeness (QED) is 0.585. The van der Waals surface area contributed by atoms with Crippen LogP contribution < -0.4 is 4.72 Å². The zero-order valence-electron chi connectivity index (χ0n) is 10.8. The number of hydrogen-bond acceptors (Lipinski definition) is 5. The van der Waals surface area contributed by atoms with E-state index < -0.39 is 21.7 Å². The van der Waals surface area contributed by atoms with Crippen LogP contribution in [0.1, 0.15) is 29.5 Å². The fourth-order valence-corrected chi connectivity index (χ4v) is 2.88. The summed E-state index contributed by atoms with van der Waals surface area (Å²) in [5, 5.41) is 14.7. The Morgan fingerprint density at radius 2 is 2.21 bits per heavy atom. The lowest BCUT2D eigenvalue weighted by Gasteiger charge is -2.06. The largest absolute Gasteiger partial charge is 0.476 e. The zero-order valence-corrected chi connectivity index (χ0v) is 11.6. The summed E-state index contributed by atoms with van der Waals surface area (Å²) in [7, 11) is -3.89. The number of carbonyl (C=O) groups is 1. The third kappa shape index (κ3) is 4.01. The van der Waals surface area contributed by atoms with Crippen molar-refractivity contribution in [3.8, 4) is 0 Å². The second-order valence-corrected chi connectivity index (χ2v) is 5.48. The Morgan fingerprint density at radius 1 is 1.53 bits per heavy atom. The van der Waals surface area contributed by atoms with Gasteiger partial charge >= 0.3 is 5.97 Å². The Balaban J connectivity index is 2.77. The van der Waals surface area contributed by atoms with E-state index in [2.05, 4.69) is 14.9 Å². The van der Waals surface area contributed by atoms with Crippen molar-refractivity contribution in [1.82, 2.24) is 14.9 Å². The van der Waals surface area contributed by atoms with Crippen molar-refractivity contribution in [2.45, 2.75) is 25.2 Å². The molecule has 8 nitrogen and oxygen atoms in total. The van der Waals surface area contributed by atoms with Gasteiger partial charge in [0.2, 0.25) is 10.0 Å². The lowest BCUT2D eigenvalue weighted by molar-refractivity contribution is 0.0686. The molecule has 0 aliphatic rings. The number of aryl methyl sites for hydroxylation is 1. The average molecular weight is 291 g/mol. The number of nitrogens with one attached hydrogen (secondary N) is 2. The van der Waals surface area contributed by atoms with Crippen molar-refractivity contribution in [2.75, 3.05) is 19.8 Å². The first-order valence-electron chi connectivity index (χ1n) is 5.75. The Hall–Kier alpha value is -1.45. The lowest BCUT2D eigenvalue weighted by Crippen LogP contribution is -2.27. The van der Waals surface area contributed by atoms with Gasteiger partial charge in [-0.25, -0.2) is 17.9 Å². The summed E-state index contributed by atoms with van der Waals surface area (Å²) in [5.74, 6) is -1.39. The minimum absolute atomic E-state index is 0.173. The maximum Gasteiger partial charge on any atom is 0.357 e. The number of H-pyrrole nitrogens is 1. The van der Waals surface area contributed by atoms with E-state index in [1.807, 2.05) is 6.92 Å². The van der Waals surface area contributed by atoms with Gasteiger partial charge in [0.25, 0.3) is 0 Å². The van der Waals surface area contributed by atoms with Gasteiger partial charge in [-0.3, -0.25) is 5.10 Å². The van der Waals surface area contributed by atoms with E-state index in [-0.39, 0.29) is 17.1 Å². The lowest BCUT2D eigenvalue weighted by atomic mass is 10.4. The van der Waals surface area contributed by atoms with Gasteiger partial charge in [-0.15, -0.1) is 0 Å². The molecular formula is C10H17N3O5S. The van der Waals surface area contributed by atoms with Crippen molar-refractivity contribution in [1.29, 1.82) is 0 Å². The molecule has 0 aliphatic carbocycles. The van der Waals surface area contributed by atoms with Crippen LogP contribution in [-0.2, 0) is 14.8 Å². The first-order chi connectivity index (χ1) is 8.90. The van der Waals surface area contributed by atoms with E-state index in [0.29, 0.717) is 19.6 Å². The number of sulfonamides is 1. The van der Waals surface area contributed by atoms with Gasteiger partial charge in [0.1, 0.15) is 4.90 Å². The smallest absolute Gasteiger partial charge is 0.357 e. The fourth-order valence-electron chi connectivity index (χ4n) is 1.49. The molecular weight excluding hydrogens is 274 g/mol. The van der Waals surface area contributed by atoms with Crippen LogP contribution in [0.5, 0.6) is 0 Å².